The number of carbonyl (C=O) groups excluding carboxylic acids is 4. The average molecular weight is 432 g/mol. The van der Waals surface area contributed by atoms with E-state index in [2.05, 4.69) is 10.6 Å². The van der Waals surface area contributed by atoms with Gasteiger partial charge in [-0.1, -0.05) is 30.3 Å². The minimum atomic E-state index is -0.585. The molecule has 0 heterocycles. The molecule has 2 N–H and O–H groups in total. The molecule has 0 atom stereocenters. The zero-order valence-electron chi connectivity index (χ0n) is 17.4. The Balaban J connectivity index is 1.81. The van der Waals surface area contributed by atoms with Crippen molar-refractivity contribution >= 4 is 35.1 Å². The lowest BCUT2D eigenvalue weighted by Crippen LogP contribution is -2.18. The first-order chi connectivity index (χ1) is 15.4. The third kappa shape index (κ3) is 4.99. The Hall–Kier alpha value is -4.46. The fraction of sp³-hybridized carbons (Fsp3) is 0.0833. The number of hydrogen-bond acceptors (Lipinski definition) is 6. The van der Waals surface area contributed by atoms with Crippen LogP contribution >= 0.6 is 0 Å². The molecular weight excluding hydrogens is 412 g/mol. The number of para-hydroxylation sites is 2. The summed E-state index contributed by atoms with van der Waals surface area (Å²) in [6.45, 7) is 0. The highest BCUT2D eigenvalue weighted by Gasteiger charge is 2.17. The van der Waals surface area contributed by atoms with E-state index in [0.29, 0.717) is 0 Å². The molecule has 0 saturated carbocycles. The zero-order valence-corrected chi connectivity index (χ0v) is 17.4. The van der Waals surface area contributed by atoms with E-state index in [4.69, 9.17) is 9.47 Å². The molecule has 3 aromatic rings. The van der Waals surface area contributed by atoms with Crippen LogP contribution in [0.4, 0.5) is 11.4 Å². The summed E-state index contributed by atoms with van der Waals surface area (Å²) in [5.74, 6) is -2.19. The van der Waals surface area contributed by atoms with E-state index in [1.54, 1.807) is 42.5 Å². The molecule has 3 aromatic carbocycles. The molecule has 0 bridgehead atoms. The van der Waals surface area contributed by atoms with Gasteiger partial charge in [-0.25, -0.2) is 9.59 Å². The Labute approximate surface area is 184 Å². The first-order valence-electron chi connectivity index (χ1n) is 9.52. The topological polar surface area (TPSA) is 111 Å². The summed E-state index contributed by atoms with van der Waals surface area (Å²) in [5.41, 5.74) is 1.39. The lowest BCUT2D eigenvalue weighted by molar-refractivity contribution is 0.0592. The third-order valence-corrected chi connectivity index (χ3v) is 4.55. The van der Waals surface area contributed by atoms with Crippen LogP contribution in [0.5, 0.6) is 0 Å². The van der Waals surface area contributed by atoms with Crippen LogP contribution in [-0.2, 0) is 9.47 Å². The maximum Gasteiger partial charge on any atom is 0.339 e. The molecule has 0 aliphatic rings. The number of nitrogens with one attached hydrogen (secondary N) is 2. The van der Waals surface area contributed by atoms with E-state index in [9.17, 15) is 19.2 Å². The maximum absolute atomic E-state index is 12.7. The molecule has 0 aromatic heterocycles. The van der Waals surface area contributed by atoms with Crippen molar-refractivity contribution in [2.24, 2.45) is 0 Å². The van der Waals surface area contributed by atoms with Crippen LogP contribution in [0.1, 0.15) is 41.4 Å². The number of ether oxygens (including phenoxy) is 2. The van der Waals surface area contributed by atoms with Crippen molar-refractivity contribution in [3.05, 3.63) is 95.1 Å². The summed E-state index contributed by atoms with van der Waals surface area (Å²) in [5, 5.41) is 5.31. The normalized spacial score (nSPS) is 10.1. The number of hydrogen-bond donors (Lipinski definition) is 2. The van der Waals surface area contributed by atoms with Crippen molar-refractivity contribution in [2.75, 3.05) is 24.9 Å². The summed E-state index contributed by atoms with van der Waals surface area (Å²) >= 11 is 0. The van der Waals surface area contributed by atoms with Gasteiger partial charge in [-0.3, -0.25) is 9.59 Å². The molecule has 0 radical (unpaired) electrons. The fourth-order valence-corrected chi connectivity index (χ4v) is 2.95. The fourth-order valence-electron chi connectivity index (χ4n) is 2.95. The summed E-state index contributed by atoms with van der Waals surface area (Å²) in [7, 11) is 2.50. The number of methoxy groups -OCH3 is 2. The molecule has 8 heteroatoms. The molecule has 0 unspecified atom stereocenters. The molecule has 0 saturated heterocycles. The standard InChI is InChI=1S/C24H20N2O6/c1-31-23(29)17-10-3-5-12-19(17)25-21(27)15-8-7-9-16(14-15)22(28)26-20-13-6-4-11-18(20)24(30)32-2/h3-14H,1-2H3,(H,25,27)(H,26,28). The van der Waals surface area contributed by atoms with Gasteiger partial charge in [0.05, 0.1) is 36.7 Å². The second-order valence-electron chi connectivity index (χ2n) is 6.56. The SMILES string of the molecule is COC(=O)c1ccccc1NC(=O)c1cccc(C(=O)Nc2ccccc2C(=O)OC)c1. The van der Waals surface area contributed by atoms with Gasteiger partial charge in [0.25, 0.3) is 11.8 Å². The molecule has 3 rings (SSSR count). The van der Waals surface area contributed by atoms with E-state index in [-0.39, 0.29) is 33.6 Å². The Morgan fingerprint density at radius 2 is 1.00 bits per heavy atom. The maximum atomic E-state index is 12.7. The minimum Gasteiger partial charge on any atom is -0.465 e. The summed E-state index contributed by atoms with van der Waals surface area (Å²) in [4.78, 5) is 49.3. The van der Waals surface area contributed by atoms with Crippen molar-refractivity contribution in [2.45, 2.75) is 0 Å². The second-order valence-corrected chi connectivity index (χ2v) is 6.56. The van der Waals surface area contributed by atoms with Gasteiger partial charge >= 0.3 is 11.9 Å². The van der Waals surface area contributed by atoms with Crippen LogP contribution < -0.4 is 10.6 Å². The van der Waals surface area contributed by atoms with Gasteiger partial charge in [-0.15, -0.1) is 0 Å². The van der Waals surface area contributed by atoms with Crippen molar-refractivity contribution in [3.63, 3.8) is 0 Å². The number of rotatable bonds is 6. The van der Waals surface area contributed by atoms with Gasteiger partial charge in [0.1, 0.15) is 0 Å². The van der Waals surface area contributed by atoms with Gasteiger partial charge in [0.2, 0.25) is 0 Å². The van der Waals surface area contributed by atoms with E-state index in [0.717, 1.165) is 0 Å². The Morgan fingerprint density at radius 3 is 1.41 bits per heavy atom. The number of benzene rings is 3. The minimum absolute atomic E-state index is 0.205. The number of carbonyl (C=O) groups is 4. The Kier molecular flexibility index (Phi) is 6.97. The molecule has 0 aliphatic heterocycles. The van der Waals surface area contributed by atoms with Crippen LogP contribution in [-0.4, -0.2) is 38.0 Å². The molecule has 0 spiro atoms. The van der Waals surface area contributed by atoms with Crippen LogP contribution in [0.25, 0.3) is 0 Å². The largest absolute Gasteiger partial charge is 0.465 e. The van der Waals surface area contributed by atoms with Crippen molar-refractivity contribution in [1.82, 2.24) is 0 Å². The highest BCUT2D eigenvalue weighted by Crippen LogP contribution is 2.19. The van der Waals surface area contributed by atoms with Crippen LogP contribution in [0.15, 0.2) is 72.8 Å². The van der Waals surface area contributed by atoms with Gasteiger partial charge < -0.3 is 20.1 Å². The molecule has 0 aliphatic carbocycles. The smallest absolute Gasteiger partial charge is 0.339 e. The summed E-state index contributed by atoms with van der Waals surface area (Å²) < 4.78 is 9.46. The third-order valence-electron chi connectivity index (χ3n) is 4.55. The lowest BCUT2D eigenvalue weighted by atomic mass is 10.1. The molecule has 0 fully saturated rings. The quantitative estimate of drug-likeness (QED) is 0.574. The Morgan fingerprint density at radius 1 is 0.594 bits per heavy atom. The van der Waals surface area contributed by atoms with Crippen LogP contribution in [0, 0.1) is 0 Å². The van der Waals surface area contributed by atoms with E-state index >= 15 is 0 Å². The first kappa shape index (κ1) is 22.2. The van der Waals surface area contributed by atoms with Crippen LogP contribution in [0.2, 0.25) is 0 Å². The van der Waals surface area contributed by atoms with Crippen molar-refractivity contribution < 1.29 is 28.7 Å². The number of esters is 2. The molecule has 8 nitrogen and oxygen atoms in total. The molecule has 2 amide bonds. The molecular formula is C24H20N2O6. The first-order valence-corrected chi connectivity index (χ1v) is 9.52. The van der Waals surface area contributed by atoms with Crippen LogP contribution in [0.3, 0.4) is 0 Å². The van der Waals surface area contributed by atoms with Gasteiger partial charge in [-0.05, 0) is 42.5 Å². The van der Waals surface area contributed by atoms with E-state index in [1.165, 1.54) is 44.6 Å². The summed E-state index contributed by atoms with van der Waals surface area (Å²) in [6, 6.07) is 18.9. The van der Waals surface area contributed by atoms with Crippen molar-refractivity contribution in [1.29, 1.82) is 0 Å². The van der Waals surface area contributed by atoms with Crippen molar-refractivity contribution in [3.8, 4) is 0 Å². The molecule has 32 heavy (non-hydrogen) atoms. The predicted molar refractivity (Wildman–Crippen MR) is 118 cm³/mol. The Bertz CT molecular complexity index is 1100. The summed E-state index contributed by atoms with van der Waals surface area (Å²) in [6.07, 6.45) is 0. The van der Waals surface area contributed by atoms with Gasteiger partial charge in [-0.2, -0.15) is 0 Å². The highest BCUT2D eigenvalue weighted by molar-refractivity contribution is 6.11. The average Bonchev–Trinajstić information content (AvgIpc) is 2.83. The number of anilines is 2. The zero-order chi connectivity index (χ0) is 23.1. The predicted octanol–water partition coefficient (Wildman–Crippen LogP) is 3.76. The van der Waals surface area contributed by atoms with E-state index in [1.807, 2.05) is 0 Å². The number of amides is 2. The highest BCUT2D eigenvalue weighted by atomic mass is 16.5. The second kappa shape index (κ2) is 10.0. The van der Waals surface area contributed by atoms with Gasteiger partial charge in [0, 0.05) is 11.1 Å². The van der Waals surface area contributed by atoms with E-state index < -0.39 is 23.8 Å². The molecule has 162 valence electrons. The monoisotopic (exact) mass is 432 g/mol. The lowest BCUT2D eigenvalue weighted by Gasteiger charge is -2.11. The van der Waals surface area contributed by atoms with Gasteiger partial charge in [0.15, 0.2) is 0 Å².